The number of benzene rings is 3. The van der Waals surface area contributed by atoms with Gasteiger partial charge in [-0.15, -0.1) is 0 Å². The SMILES string of the molecule is Cc1ccccc1CN(C(=O)Cc1ccccc1Cl)[C@@H](Cc1ccccc1)C(=O)NC1CCCCC1. The van der Waals surface area contributed by atoms with Crippen molar-refractivity contribution in [2.45, 2.75) is 70.5 Å². The summed E-state index contributed by atoms with van der Waals surface area (Å²) in [7, 11) is 0. The first-order valence-electron chi connectivity index (χ1n) is 12.9. The molecular weight excluding hydrogens is 468 g/mol. The first kappa shape index (κ1) is 26.0. The Morgan fingerprint density at radius 2 is 1.53 bits per heavy atom. The van der Waals surface area contributed by atoms with Crippen molar-refractivity contribution < 1.29 is 9.59 Å². The maximum Gasteiger partial charge on any atom is 0.243 e. The van der Waals surface area contributed by atoms with Gasteiger partial charge in [0.25, 0.3) is 0 Å². The van der Waals surface area contributed by atoms with E-state index in [1.165, 1.54) is 6.42 Å². The van der Waals surface area contributed by atoms with Crippen LogP contribution in [0.5, 0.6) is 0 Å². The number of hydrogen-bond acceptors (Lipinski definition) is 2. The maximum absolute atomic E-state index is 13.9. The van der Waals surface area contributed by atoms with Crippen LogP contribution in [-0.2, 0) is 29.0 Å². The Balaban J connectivity index is 1.67. The minimum atomic E-state index is -0.621. The molecule has 1 aliphatic rings. The average Bonchev–Trinajstić information content (AvgIpc) is 2.89. The number of nitrogens with zero attached hydrogens (tertiary/aromatic N) is 1. The zero-order chi connectivity index (χ0) is 25.3. The van der Waals surface area contributed by atoms with Crippen molar-refractivity contribution in [2.75, 3.05) is 0 Å². The minimum Gasteiger partial charge on any atom is -0.352 e. The molecule has 1 atom stereocenters. The number of rotatable bonds is 9. The van der Waals surface area contributed by atoms with Crippen LogP contribution in [0.4, 0.5) is 0 Å². The summed E-state index contributed by atoms with van der Waals surface area (Å²) in [5, 5.41) is 3.85. The number of halogens is 1. The number of aryl methyl sites for hydroxylation is 1. The van der Waals surface area contributed by atoms with Gasteiger partial charge in [0.05, 0.1) is 6.42 Å². The second kappa shape index (κ2) is 12.7. The molecule has 1 aliphatic carbocycles. The molecule has 1 saturated carbocycles. The van der Waals surface area contributed by atoms with Crippen LogP contribution in [0.1, 0.15) is 54.4 Å². The molecule has 0 radical (unpaired) electrons. The highest BCUT2D eigenvalue weighted by Gasteiger charge is 2.32. The van der Waals surface area contributed by atoms with Gasteiger partial charge in [-0.05, 0) is 48.1 Å². The number of carbonyl (C=O) groups excluding carboxylic acids is 2. The monoisotopic (exact) mass is 502 g/mol. The van der Waals surface area contributed by atoms with Gasteiger partial charge in [-0.3, -0.25) is 9.59 Å². The van der Waals surface area contributed by atoms with Gasteiger partial charge >= 0.3 is 0 Å². The van der Waals surface area contributed by atoms with Crippen molar-refractivity contribution in [1.29, 1.82) is 0 Å². The lowest BCUT2D eigenvalue weighted by molar-refractivity contribution is -0.141. The van der Waals surface area contributed by atoms with Gasteiger partial charge in [0.1, 0.15) is 6.04 Å². The van der Waals surface area contributed by atoms with E-state index in [9.17, 15) is 9.59 Å². The van der Waals surface area contributed by atoms with Crippen LogP contribution in [0.3, 0.4) is 0 Å². The zero-order valence-corrected chi connectivity index (χ0v) is 21.7. The highest BCUT2D eigenvalue weighted by Crippen LogP contribution is 2.22. The lowest BCUT2D eigenvalue weighted by atomic mass is 9.94. The summed E-state index contributed by atoms with van der Waals surface area (Å²) in [6.45, 7) is 2.41. The van der Waals surface area contributed by atoms with Gasteiger partial charge in [0.15, 0.2) is 0 Å². The predicted octanol–water partition coefficient (Wildman–Crippen LogP) is 6.28. The molecule has 0 bridgehead atoms. The van der Waals surface area contributed by atoms with Crippen molar-refractivity contribution in [3.05, 3.63) is 106 Å². The first-order chi connectivity index (χ1) is 17.5. The Hall–Kier alpha value is -3.11. The third-order valence-electron chi connectivity index (χ3n) is 7.12. The molecule has 188 valence electrons. The number of amides is 2. The Bertz CT molecular complexity index is 1160. The molecule has 0 heterocycles. The van der Waals surface area contributed by atoms with Crippen molar-refractivity contribution in [1.82, 2.24) is 10.2 Å². The van der Waals surface area contributed by atoms with E-state index in [1.807, 2.05) is 79.7 Å². The molecule has 0 unspecified atom stereocenters. The number of nitrogens with one attached hydrogen (secondary N) is 1. The van der Waals surface area contributed by atoms with Crippen LogP contribution in [0.2, 0.25) is 5.02 Å². The van der Waals surface area contributed by atoms with E-state index in [0.717, 1.165) is 47.9 Å². The quantitative estimate of drug-likeness (QED) is 0.374. The number of carbonyl (C=O) groups is 2. The Morgan fingerprint density at radius 3 is 2.22 bits per heavy atom. The van der Waals surface area contributed by atoms with E-state index >= 15 is 0 Å². The predicted molar refractivity (Wildman–Crippen MR) is 146 cm³/mol. The lowest BCUT2D eigenvalue weighted by Crippen LogP contribution is -2.53. The summed E-state index contributed by atoms with van der Waals surface area (Å²) in [6, 6.07) is 25.0. The molecule has 0 saturated heterocycles. The summed E-state index contributed by atoms with van der Waals surface area (Å²) in [5.74, 6) is -0.182. The van der Waals surface area contributed by atoms with Crippen LogP contribution in [0, 0.1) is 6.92 Å². The topological polar surface area (TPSA) is 49.4 Å². The highest BCUT2D eigenvalue weighted by atomic mass is 35.5. The standard InChI is InChI=1S/C31H35ClN2O2/c1-23-12-8-9-16-26(23)22-34(30(35)21-25-15-10-11-19-28(25)32)29(20-24-13-4-2-5-14-24)31(36)33-27-17-6-3-7-18-27/h2,4-5,8-16,19,27,29H,3,6-7,17-18,20-22H2,1H3,(H,33,36)/t29-/m0/s1. The highest BCUT2D eigenvalue weighted by molar-refractivity contribution is 6.31. The zero-order valence-electron chi connectivity index (χ0n) is 21.0. The summed E-state index contributed by atoms with van der Waals surface area (Å²) < 4.78 is 0. The summed E-state index contributed by atoms with van der Waals surface area (Å²) in [5.41, 5.74) is 3.93. The van der Waals surface area contributed by atoms with Gasteiger partial charge < -0.3 is 10.2 Å². The molecule has 3 aromatic rings. The fraction of sp³-hybridized carbons (Fsp3) is 0.355. The van der Waals surface area contributed by atoms with Gasteiger partial charge in [0, 0.05) is 24.0 Å². The van der Waals surface area contributed by atoms with Crippen LogP contribution in [-0.4, -0.2) is 28.8 Å². The lowest BCUT2D eigenvalue weighted by Gasteiger charge is -2.34. The van der Waals surface area contributed by atoms with E-state index in [0.29, 0.717) is 18.0 Å². The summed E-state index contributed by atoms with van der Waals surface area (Å²) >= 11 is 6.41. The summed E-state index contributed by atoms with van der Waals surface area (Å²) in [6.07, 6.45) is 6.08. The third-order valence-corrected chi connectivity index (χ3v) is 7.49. The van der Waals surface area contributed by atoms with Gasteiger partial charge in [0.2, 0.25) is 11.8 Å². The van der Waals surface area contributed by atoms with Crippen LogP contribution in [0.25, 0.3) is 0 Å². The Morgan fingerprint density at radius 1 is 0.889 bits per heavy atom. The Kier molecular flexibility index (Phi) is 9.18. The summed E-state index contributed by atoms with van der Waals surface area (Å²) in [4.78, 5) is 29.5. The van der Waals surface area contributed by atoms with E-state index in [4.69, 9.17) is 11.6 Å². The fourth-order valence-electron chi connectivity index (χ4n) is 4.98. The molecular formula is C31H35ClN2O2. The smallest absolute Gasteiger partial charge is 0.243 e. The van der Waals surface area contributed by atoms with Gasteiger partial charge in [-0.1, -0.05) is 104 Å². The molecule has 0 aliphatic heterocycles. The van der Waals surface area contributed by atoms with Crippen molar-refractivity contribution in [3.8, 4) is 0 Å². The van der Waals surface area contributed by atoms with Crippen LogP contribution >= 0.6 is 11.6 Å². The maximum atomic E-state index is 13.9. The Labute approximate surface area is 219 Å². The van der Waals surface area contributed by atoms with Crippen LogP contribution < -0.4 is 5.32 Å². The normalized spacial score (nSPS) is 14.7. The molecule has 4 nitrogen and oxygen atoms in total. The molecule has 36 heavy (non-hydrogen) atoms. The average molecular weight is 503 g/mol. The molecule has 1 fully saturated rings. The third kappa shape index (κ3) is 6.98. The molecule has 2 amide bonds. The van der Waals surface area contributed by atoms with E-state index in [-0.39, 0.29) is 24.3 Å². The fourth-order valence-corrected chi connectivity index (χ4v) is 5.18. The number of hydrogen-bond donors (Lipinski definition) is 1. The van der Waals surface area contributed by atoms with Gasteiger partial charge in [-0.2, -0.15) is 0 Å². The molecule has 5 heteroatoms. The van der Waals surface area contributed by atoms with E-state index < -0.39 is 6.04 Å². The van der Waals surface area contributed by atoms with Gasteiger partial charge in [-0.25, -0.2) is 0 Å². The second-order valence-corrected chi connectivity index (χ2v) is 10.2. The van der Waals surface area contributed by atoms with Crippen molar-refractivity contribution in [3.63, 3.8) is 0 Å². The van der Waals surface area contributed by atoms with E-state index in [1.54, 1.807) is 11.0 Å². The first-order valence-corrected chi connectivity index (χ1v) is 13.3. The van der Waals surface area contributed by atoms with E-state index in [2.05, 4.69) is 5.32 Å². The largest absolute Gasteiger partial charge is 0.352 e. The van der Waals surface area contributed by atoms with Crippen molar-refractivity contribution in [2.24, 2.45) is 0 Å². The molecule has 0 spiro atoms. The van der Waals surface area contributed by atoms with Crippen molar-refractivity contribution >= 4 is 23.4 Å². The molecule has 0 aromatic heterocycles. The van der Waals surface area contributed by atoms with Crippen LogP contribution in [0.15, 0.2) is 78.9 Å². The molecule has 4 rings (SSSR count). The minimum absolute atomic E-state index is 0.0770. The second-order valence-electron chi connectivity index (χ2n) is 9.77. The molecule has 3 aromatic carbocycles. The molecule has 1 N–H and O–H groups in total.